The van der Waals surface area contributed by atoms with Crippen LogP contribution in [0.2, 0.25) is 0 Å². The fraction of sp³-hybridized carbons (Fsp3) is 0.167. The molecule has 1 aromatic carbocycles. The highest BCUT2D eigenvalue weighted by atomic mass is 79.9. The molecule has 1 heterocycles. The number of hydrogen-bond donors (Lipinski definition) is 1. The molecule has 0 aliphatic rings. The minimum absolute atomic E-state index is 0.164. The second-order valence-corrected chi connectivity index (χ2v) is 4.46. The lowest BCUT2D eigenvalue weighted by atomic mass is 10.1. The summed E-state index contributed by atoms with van der Waals surface area (Å²) in [4.78, 5) is 7.95. The Morgan fingerprint density at radius 2 is 2.12 bits per heavy atom. The van der Waals surface area contributed by atoms with Gasteiger partial charge in [-0.2, -0.15) is 0 Å². The molecule has 88 valence electrons. The molecule has 1 atom stereocenters. The molecule has 1 aromatic heterocycles. The summed E-state index contributed by atoms with van der Waals surface area (Å²) in [6.07, 6.45) is 3.09. The fourth-order valence-corrected chi connectivity index (χ4v) is 1.86. The number of rotatable bonds is 3. The molecule has 5 heteroatoms. The predicted octanol–water partition coefficient (Wildman–Crippen LogP) is 3.55. The summed E-state index contributed by atoms with van der Waals surface area (Å²) in [6.45, 7) is 1.88. The molecule has 0 spiro atoms. The van der Waals surface area contributed by atoms with Gasteiger partial charge in [-0.15, -0.1) is 0 Å². The first-order valence-corrected chi connectivity index (χ1v) is 5.94. The van der Waals surface area contributed by atoms with Crippen LogP contribution in [0, 0.1) is 5.82 Å². The minimum atomic E-state index is -0.224. The Bertz CT molecular complexity index is 519. The Kier molecular flexibility index (Phi) is 3.68. The first-order chi connectivity index (χ1) is 8.18. The van der Waals surface area contributed by atoms with Crippen molar-refractivity contribution in [2.45, 2.75) is 13.0 Å². The number of aromatic nitrogens is 2. The Labute approximate surface area is 107 Å². The van der Waals surface area contributed by atoms with E-state index in [0.29, 0.717) is 11.4 Å². The maximum atomic E-state index is 13.6. The van der Waals surface area contributed by atoms with E-state index in [1.165, 1.54) is 12.4 Å². The summed E-state index contributed by atoms with van der Waals surface area (Å²) in [7, 11) is 0. The van der Waals surface area contributed by atoms with E-state index in [1.54, 1.807) is 18.3 Å². The molecule has 1 N–H and O–H groups in total. The highest BCUT2D eigenvalue weighted by Crippen LogP contribution is 2.24. The minimum Gasteiger partial charge on any atom is -0.362 e. The molecule has 0 aliphatic carbocycles. The average Bonchev–Trinajstić information content (AvgIpc) is 2.32. The summed E-state index contributed by atoms with van der Waals surface area (Å²) in [5.41, 5.74) is 0.609. The van der Waals surface area contributed by atoms with Crippen LogP contribution in [-0.4, -0.2) is 9.97 Å². The van der Waals surface area contributed by atoms with Crippen LogP contribution in [0.25, 0.3) is 0 Å². The first kappa shape index (κ1) is 12.0. The van der Waals surface area contributed by atoms with Gasteiger partial charge in [0.25, 0.3) is 0 Å². The van der Waals surface area contributed by atoms with Crippen molar-refractivity contribution in [2.24, 2.45) is 0 Å². The first-order valence-electron chi connectivity index (χ1n) is 5.15. The van der Waals surface area contributed by atoms with E-state index in [9.17, 15) is 4.39 Å². The second-order valence-electron chi connectivity index (χ2n) is 3.61. The summed E-state index contributed by atoms with van der Waals surface area (Å²) < 4.78 is 14.3. The quantitative estimate of drug-likeness (QED) is 0.941. The van der Waals surface area contributed by atoms with Crippen LogP contribution in [-0.2, 0) is 0 Å². The molecule has 1 unspecified atom stereocenters. The van der Waals surface area contributed by atoms with Crippen LogP contribution in [0.15, 0.2) is 41.3 Å². The lowest BCUT2D eigenvalue weighted by Gasteiger charge is -2.16. The molecule has 0 amide bonds. The molecular formula is C12H11BrFN3. The molecule has 2 aromatic rings. The van der Waals surface area contributed by atoms with Crippen LogP contribution in [0.4, 0.5) is 10.2 Å². The maximum Gasteiger partial charge on any atom is 0.144 e. The van der Waals surface area contributed by atoms with Crippen molar-refractivity contribution in [3.05, 3.63) is 52.6 Å². The highest BCUT2D eigenvalue weighted by Gasteiger charge is 2.11. The molecule has 0 aliphatic heterocycles. The Balaban J connectivity index is 2.20. The second kappa shape index (κ2) is 5.23. The number of halogens is 2. The molecule has 0 radical (unpaired) electrons. The Hall–Kier alpha value is -1.49. The largest absolute Gasteiger partial charge is 0.362 e. The van der Waals surface area contributed by atoms with Gasteiger partial charge in [-0.3, -0.25) is 0 Å². The smallest absolute Gasteiger partial charge is 0.144 e. The summed E-state index contributed by atoms with van der Waals surface area (Å²) in [5, 5.41) is 3.13. The zero-order chi connectivity index (χ0) is 12.3. The topological polar surface area (TPSA) is 37.8 Å². The summed E-state index contributed by atoms with van der Waals surface area (Å²) in [6, 6.07) is 6.52. The molecule has 3 nitrogen and oxygen atoms in total. The van der Waals surface area contributed by atoms with Gasteiger partial charge in [0.2, 0.25) is 0 Å². The van der Waals surface area contributed by atoms with E-state index in [0.717, 1.165) is 4.47 Å². The van der Waals surface area contributed by atoms with Gasteiger partial charge >= 0.3 is 0 Å². The van der Waals surface area contributed by atoms with Gasteiger partial charge in [0, 0.05) is 11.8 Å². The van der Waals surface area contributed by atoms with Crippen LogP contribution >= 0.6 is 15.9 Å². The van der Waals surface area contributed by atoms with Crippen LogP contribution in [0.1, 0.15) is 18.5 Å². The number of hydrogen-bond acceptors (Lipinski definition) is 3. The third-order valence-corrected chi connectivity index (χ3v) is 2.97. The molecule has 0 fully saturated rings. The van der Waals surface area contributed by atoms with Crippen LogP contribution < -0.4 is 5.32 Å². The average molecular weight is 296 g/mol. The van der Waals surface area contributed by atoms with Crippen LogP contribution in [0.3, 0.4) is 0 Å². The van der Waals surface area contributed by atoms with Gasteiger partial charge in [-0.05, 0) is 28.9 Å². The van der Waals surface area contributed by atoms with Gasteiger partial charge in [0.1, 0.15) is 18.0 Å². The third kappa shape index (κ3) is 2.79. The van der Waals surface area contributed by atoms with Crippen molar-refractivity contribution in [3.63, 3.8) is 0 Å². The van der Waals surface area contributed by atoms with E-state index in [1.807, 2.05) is 13.0 Å². The number of anilines is 1. The lowest BCUT2D eigenvalue weighted by Crippen LogP contribution is -2.10. The van der Waals surface area contributed by atoms with E-state index in [4.69, 9.17) is 0 Å². The number of nitrogens with one attached hydrogen (secondary N) is 1. The molecule has 0 bridgehead atoms. The lowest BCUT2D eigenvalue weighted by molar-refractivity contribution is 0.600. The summed E-state index contributed by atoms with van der Waals surface area (Å²) in [5.74, 6) is 0.424. The monoisotopic (exact) mass is 295 g/mol. The van der Waals surface area contributed by atoms with Gasteiger partial charge in [0.05, 0.1) is 10.5 Å². The van der Waals surface area contributed by atoms with Crippen molar-refractivity contribution >= 4 is 21.7 Å². The van der Waals surface area contributed by atoms with E-state index in [2.05, 4.69) is 31.2 Å². The molecular weight excluding hydrogens is 285 g/mol. The zero-order valence-electron chi connectivity index (χ0n) is 9.19. The maximum absolute atomic E-state index is 13.6. The normalized spacial score (nSPS) is 12.2. The molecule has 0 saturated carbocycles. The third-order valence-electron chi connectivity index (χ3n) is 2.39. The standard InChI is InChI=1S/C12H11BrFN3/c1-8(9-4-2-3-5-11(9)14)17-12-10(13)6-15-7-16-12/h2-8H,1H3,(H,15,16,17). The van der Waals surface area contributed by atoms with Crippen molar-refractivity contribution < 1.29 is 4.39 Å². The van der Waals surface area contributed by atoms with Gasteiger partial charge in [0.15, 0.2) is 0 Å². The SMILES string of the molecule is CC(Nc1ncncc1Br)c1ccccc1F. The highest BCUT2D eigenvalue weighted by molar-refractivity contribution is 9.10. The number of nitrogens with zero attached hydrogens (tertiary/aromatic N) is 2. The van der Waals surface area contributed by atoms with Crippen molar-refractivity contribution in [1.29, 1.82) is 0 Å². The van der Waals surface area contributed by atoms with Gasteiger partial charge in [-0.25, -0.2) is 14.4 Å². The molecule has 17 heavy (non-hydrogen) atoms. The predicted molar refractivity (Wildman–Crippen MR) is 68.2 cm³/mol. The molecule has 2 rings (SSSR count). The van der Waals surface area contributed by atoms with Gasteiger partial charge in [-0.1, -0.05) is 18.2 Å². The molecule has 0 saturated heterocycles. The summed E-state index contributed by atoms with van der Waals surface area (Å²) >= 11 is 3.33. The van der Waals surface area contributed by atoms with E-state index >= 15 is 0 Å². The van der Waals surface area contributed by atoms with Crippen LogP contribution in [0.5, 0.6) is 0 Å². The zero-order valence-corrected chi connectivity index (χ0v) is 10.8. The van der Waals surface area contributed by atoms with Gasteiger partial charge < -0.3 is 5.32 Å². The van der Waals surface area contributed by atoms with Crippen molar-refractivity contribution in [1.82, 2.24) is 9.97 Å². The van der Waals surface area contributed by atoms with E-state index in [-0.39, 0.29) is 11.9 Å². The van der Waals surface area contributed by atoms with Crippen molar-refractivity contribution in [3.8, 4) is 0 Å². The fourth-order valence-electron chi connectivity index (χ4n) is 1.53. The number of benzene rings is 1. The Morgan fingerprint density at radius 3 is 2.82 bits per heavy atom. The van der Waals surface area contributed by atoms with E-state index < -0.39 is 0 Å². The van der Waals surface area contributed by atoms with Crippen molar-refractivity contribution in [2.75, 3.05) is 5.32 Å². The Morgan fingerprint density at radius 1 is 1.35 bits per heavy atom.